The van der Waals surface area contributed by atoms with E-state index in [1.54, 1.807) is 36.9 Å². The second kappa shape index (κ2) is 12.7. The minimum Gasteiger partial charge on any atom is -0.462 e. The smallest absolute Gasteiger partial charge is 0.343 e. The molecule has 0 spiro atoms. The molecule has 3 rings (SSSR count). The summed E-state index contributed by atoms with van der Waals surface area (Å²) >= 11 is 0. The molecule has 8 heteroatoms. The Morgan fingerprint density at radius 3 is 2.32 bits per heavy atom. The zero-order valence-corrected chi connectivity index (χ0v) is 20.7. The number of anilines is 1. The Morgan fingerprint density at radius 1 is 1.09 bits per heavy atom. The number of rotatable bonds is 11. The zero-order chi connectivity index (χ0) is 24.5. The van der Waals surface area contributed by atoms with Gasteiger partial charge in [0.05, 0.1) is 32.4 Å². The second-order valence-corrected chi connectivity index (χ2v) is 9.00. The van der Waals surface area contributed by atoms with Crippen LogP contribution in [0.4, 0.5) is 5.82 Å². The molecule has 2 aromatic rings. The molecule has 1 aliphatic carbocycles. The minimum absolute atomic E-state index is 0.0403. The zero-order valence-electron chi connectivity index (χ0n) is 20.7. The Morgan fingerprint density at radius 2 is 1.74 bits per heavy atom. The van der Waals surface area contributed by atoms with Gasteiger partial charge in [-0.25, -0.2) is 4.79 Å². The fraction of sp³-hybridized carbons (Fsp3) is 0.577. The van der Waals surface area contributed by atoms with Crippen LogP contribution < -0.4 is 4.90 Å². The molecule has 0 radical (unpaired) electrons. The van der Waals surface area contributed by atoms with Gasteiger partial charge in [-0.15, -0.1) is 0 Å². The highest BCUT2D eigenvalue weighted by Crippen LogP contribution is 2.33. The van der Waals surface area contributed by atoms with E-state index >= 15 is 0 Å². The van der Waals surface area contributed by atoms with E-state index in [1.807, 2.05) is 30.3 Å². The standard InChI is InChI=1S/C26H37N3O5/c1-5-34-26(31)23-16-28(15-20-9-7-6-8-10-20)27-24(23)29(22(17-32-3)18-33-4)25(30)21-13-11-19(2)12-14-21/h6-10,16,19,21-22H,5,11-15,17-18H2,1-4H3. The van der Waals surface area contributed by atoms with E-state index in [1.165, 1.54) is 0 Å². The van der Waals surface area contributed by atoms with Gasteiger partial charge in [0.2, 0.25) is 5.91 Å². The summed E-state index contributed by atoms with van der Waals surface area (Å²) in [7, 11) is 3.18. The summed E-state index contributed by atoms with van der Waals surface area (Å²) in [6.07, 6.45) is 5.33. The van der Waals surface area contributed by atoms with Crippen molar-refractivity contribution in [3.05, 3.63) is 47.7 Å². The van der Waals surface area contributed by atoms with Crippen molar-refractivity contribution in [3.8, 4) is 0 Å². The number of methoxy groups -OCH3 is 2. The average molecular weight is 472 g/mol. The van der Waals surface area contributed by atoms with Crippen molar-refractivity contribution in [2.45, 2.75) is 52.1 Å². The molecule has 0 bridgehead atoms. The largest absolute Gasteiger partial charge is 0.462 e. The van der Waals surface area contributed by atoms with Crippen LogP contribution in [-0.2, 0) is 25.5 Å². The maximum absolute atomic E-state index is 13.9. The number of nitrogens with zero attached hydrogens (tertiary/aromatic N) is 3. The molecular weight excluding hydrogens is 434 g/mol. The summed E-state index contributed by atoms with van der Waals surface area (Å²) in [5.74, 6) is 0.257. The maximum atomic E-state index is 13.9. The van der Waals surface area contributed by atoms with Crippen molar-refractivity contribution in [1.82, 2.24) is 9.78 Å². The third-order valence-corrected chi connectivity index (χ3v) is 6.34. The highest BCUT2D eigenvalue weighted by atomic mass is 16.5. The number of benzene rings is 1. The van der Waals surface area contributed by atoms with Gasteiger partial charge in [-0.1, -0.05) is 37.3 Å². The number of amides is 1. The second-order valence-electron chi connectivity index (χ2n) is 9.00. The molecule has 1 aliphatic rings. The summed E-state index contributed by atoms with van der Waals surface area (Å²) in [6.45, 7) is 5.20. The first-order valence-electron chi connectivity index (χ1n) is 12.1. The molecule has 8 nitrogen and oxygen atoms in total. The summed E-state index contributed by atoms with van der Waals surface area (Å²) in [4.78, 5) is 28.5. The van der Waals surface area contributed by atoms with Crippen molar-refractivity contribution in [3.63, 3.8) is 0 Å². The Hall–Kier alpha value is -2.71. The van der Waals surface area contributed by atoms with Gasteiger partial charge in [-0.05, 0) is 44.1 Å². The molecule has 1 amide bonds. The highest BCUT2D eigenvalue weighted by Gasteiger charge is 2.37. The quantitative estimate of drug-likeness (QED) is 0.462. The van der Waals surface area contributed by atoms with E-state index in [-0.39, 0.29) is 37.2 Å². The first-order valence-corrected chi connectivity index (χ1v) is 12.1. The lowest BCUT2D eigenvalue weighted by Gasteiger charge is -2.35. The lowest BCUT2D eigenvalue weighted by atomic mass is 9.82. The number of carbonyl (C=O) groups excluding carboxylic acids is 2. The van der Waals surface area contributed by atoms with Crippen molar-refractivity contribution >= 4 is 17.7 Å². The Kier molecular flexibility index (Phi) is 9.65. The molecule has 1 saturated carbocycles. The average Bonchev–Trinajstić information content (AvgIpc) is 3.24. The monoisotopic (exact) mass is 471 g/mol. The number of hydrogen-bond acceptors (Lipinski definition) is 6. The topological polar surface area (TPSA) is 82.9 Å². The summed E-state index contributed by atoms with van der Waals surface area (Å²) in [5, 5.41) is 4.74. The third-order valence-electron chi connectivity index (χ3n) is 6.34. The fourth-order valence-corrected chi connectivity index (χ4v) is 4.54. The number of ether oxygens (including phenoxy) is 3. The molecule has 0 aliphatic heterocycles. The third kappa shape index (κ3) is 6.45. The van der Waals surface area contributed by atoms with Crippen molar-refractivity contribution < 1.29 is 23.8 Å². The van der Waals surface area contributed by atoms with Crippen LogP contribution in [0.5, 0.6) is 0 Å². The molecule has 0 unspecified atom stereocenters. The highest BCUT2D eigenvalue weighted by molar-refractivity contribution is 6.02. The number of carbonyl (C=O) groups is 2. The fourth-order valence-electron chi connectivity index (χ4n) is 4.54. The van der Waals surface area contributed by atoms with Crippen LogP contribution in [0.1, 0.15) is 55.5 Å². The Balaban J connectivity index is 2.04. The summed E-state index contributed by atoms with van der Waals surface area (Å²) in [5.41, 5.74) is 1.31. The summed E-state index contributed by atoms with van der Waals surface area (Å²) in [6, 6.07) is 9.44. The van der Waals surface area contributed by atoms with Gasteiger partial charge in [0.1, 0.15) is 5.56 Å². The van der Waals surface area contributed by atoms with E-state index in [0.717, 1.165) is 31.2 Å². The maximum Gasteiger partial charge on any atom is 0.343 e. The van der Waals surface area contributed by atoms with Crippen molar-refractivity contribution in [1.29, 1.82) is 0 Å². The molecule has 186 valence electrons. The van der Waals surface area contributed by atoms with Crippen LogP contribution in [0.25, 0.3) is 0 Å². The number of aromatic nitrogens is 2. The lowest BCUT2D eigenvalue weighted by Crippen LogP contribution is -2.49. The van der Waals surface area contributed by atoms with Crippen LogP contribution in [0.2, 0.25) is 0 Å². The van der Waals surface area contributed by atoms with Gasteiger partial charge in [-0.2, -0.15) is 5.10 Å². The van der Waals surface area contributed by atoms with E-state index in [0.29, 0.717) is 18.3 Å². The van der Waals surface area contributed by atoms with Crippen molar-refractivity contribution in [2.75, 3.05) is 38.9 Å². The lowest BCUT2D eigenvalue weighted by molar-refractivity contribution is -0.124. The molecular formula is C26H37N3O5. The van der Waals surface area contributed by atoms with Crippen LogP contribution in [0.15, 0.2) is 36.5 Å². The Bertz CT molecular complexity index is 916. The van der Waals surface area contributed by atoms with Gasteiger partial charge in [0.15, 0.2) is 5.82 Å². The van der Waals surface area contributed by atoms with E-state index in [4.69, 9.17) is 19.3 Å². The molecule has 1 fully saturated rings. The number of hydrogen-bond donors (Lipinski definition) is 0. The van der Waals surface area contributed by atoms with Gasteiger partial charge in [0, 0.05) is 26.3 Å². The minimum atomic E-state index is -0.500. The molecule has 0 N–H and O–H groups in total. The molecule has 0 atom stereocenters. The predicted octanol–water partition coefficient (Wildman–Crippen LogP) is 3.93. The van der Waals surface area contributed by atoms with Gasteiger partial charge >= 0.3 is 5.97 Å². The predicted molar refractivity (Wildman–Crippen MR) is 130 cm³/mol. The van der Waals surface area contributed by atoms with Crippen LogP contribution in [0.3, 0.4) is 0 Å². The van der Waals surface area contributed by atoms with Gasteiger partial charge in [-0.3, -0.25) is 14.4 Å². The molecule has 1 heterocycles. The molecule has 34 heavy (non-hydrogen) atoms. The van der Waals surface area contributed by atoms with E-state index < -0.39 is 12.0 Å². The van der Waals surface area contributed by atoms with Gasteiger partial charge in [0.25, 0.3) is 0 Å². The van der Waals surface area contributed by atoms with Crippen LogP contribution in [0, 0.1) is 11.8 Å². The molecule has 0 saturated heterocycles. The first-order chi connectivity index (χ1) is 16.5. The van der Waals surface area contributed by atoms with Crippen molar-refractivity contribution in [2.24, 2.45) is 11.8 Å². The molecule has 1 aromatic heterocycles. The van der Waals surface area contributed by atoms with Crippen LogP contribution >= 0.6 is 0 Å². The normalized spacial score (nSPS) is 18.1. The van der Waals surface area contributed by atoms with E-state index in [2.05, 4.69) is 6.92 Å². The Labute approximate surface area is 202 Å². The molecule has 1 aromatic carbocycles. The van der Waals surface area contributed by atoms with Crippen LogP contribution in [-0.4, -0.2) is 61.7 Å². The number of esters is 1. The summed E-state index contributed by atoms with van der Waals surface area (Å²) < 4.78 is 17.9. The van der Waals surface area contributed by atoms with E-state index in [9.17, 15) is 9.59 Å². The first kappa shape index (κ1) is 25.9. The SMILES string of the molecule is CCOC(=O)c1cn(Cc2ccccc2)nc1N(C(=O)C1CCC(C)CC1)C(COC)COC. The van der Waals surface area contributed by atoms with Gasteiger partial charge < -0.3 is 14.2 Å².